The van der Waals surface area contributed by atoms with E-state index in [0.717, 1.165) is 11.1 Å². The second kappa shape index (κ2) is 8.94. The van der Waals surface area contributed by atoms with Crippen LogP contribution in [0, 0.1) is 13.8 Å². The predicted molar refractivity (Wildman–Crippen MR) is 128 cm³/mol. The highest BCUT2D eigenvalue weighted by Crippen LogP contribution is 2.44. The van der Waals surface area contributed by atoms with E-state index < -0.39 is 23.5 Å². The van der Waals surface area contributed by atoms with Crippen molar-refractivity contribution in [3.05, 3.63) is 88.5 Å². The van der Waals surface area contributed by atoms with Gasteiger partial charge in [-0.05, 0) is 73.0 Å². The van der Waals surface area contributed by atoms with Gasteiger partial charge in [0.25, 0.3) is 11.7 Å². The lowest BCUT2D eigenvalue weighted by Gasteiger charge is -2.26. The number of aliphatic hydroxyl groups is 1. The minimum Gasteiger partial charge on any atom is -0.508 e. The Labute approximate surface area is 197 Å². The molecule has 7 heteroatoms. The lowest BCUT2D eigenvalue weighted by Crippen LogP contribution is -2.29. The number of ketones is 1. The first-order valence-electron chi connectivity index (χ1n) is 10.7. The predicted octanol–water partition coefficient (Wildman–Crippen LogP) is 4.65. The summed E-state index contributed by atoms with van der Waals surface area (Å²) in [6, 6.07) is 15.6. The number of carbonyl (C=O) groups excluding carboxylic acids is 2. The maximum absolute atomic E-state index is 13.3. The number of aliphatic hydroxyl groups excluding tert-OH is 1. The van der Waals surface area contributed by atoms with Crippen molar-refractivity contribution in [2.24, 2.45) is 0 Å². The number of ether oxygens (including phenoxy) is 2. The standard InChI is InChI=1S/C27H25NO6/c1-15-8-9-18(12-16(15)2)28-24(17-6-5-7-19(29)13-17)23(26(31)27(28)32)25(30)21-14-20(33-3)10-11-22(21)34-4/h5-14,24,29-30H,1-4H3/b25-23+. The molecule has 1 fully saturated rings. The van der Waals surface area contributed by atoms with Gasteiger partial charge in [0.1, 0.15) is 23.0 Å². The lowest BCUT2D eigenvalue weighted by molar-refractivity contribution is -0.132. The quantitative estimate of drug-likeness (QED) is 0.328. The summed E-state index contributed by atoms with van der Waals surface area (Å²) in [4.78, 5) is 28.0. The van der Waals surface area contributed by atoms with Gasteiger partial charge in [-0.1, -0.05) is 18.2 Å². The molecule has 1 unspecified atom stereocenters. The third kappa shape index (κ3) is 3.85. The van der Waals surface area contributed by atoms with Crippen LogP contribution in [-0.2, 0) is 9.59 Å². The first kappa shape index (κ1) is 22.9. The number of aromatic hydroxyl groups is 1. The molecule has 174 valence electrons. The number of phenolic OH excluding ortho intramolecular Hbond substituents is 1. The Bertz CT molecular complexity index is 1330. The molecule has 1 aliphatic heterocycles. The number of phenols is 1. The average molecular weight is 459 g/mol. The van der Waals surface area contributed by atoms with E-state index in [-0.39, 0.29) is 16.9 Å². The van der Waals surface area contributed by atoms with Crippen LogP contribution in [0.2, 0.25) is 0 Å². The Kier molecular flexibility index (Phi) is 6.03. The number of methoxy groups -OCH3 is 2. The molecular formula is C27H25NO6. The molecule has 1 aliphatic rings. The van der Waals surface area contributed by atoms with Crippen LogP contribution in [0.25, 0.3) is 5.76 Å². The lowest BCUT2D eigenvalue weighted by atomic mass is 9.94. The molecule has 2 N–H and O–H groups in total. The zero-order chi connectivity index (χ0) is 24.6. The summed E-state index contributed by atoms with van der Waals surface area (Å²) in [7, 11) is 2.93. The van der Waals surface area contributed by atoms with Gasteiger partial charge in [-0.2, -0.15) is 0 Å². The molecule has 0 spiro atoms. The molecule has 3 aromatic rings. The first-order valence-corrected chi connectivity index (χ1v) is 10.7. The van der Waals surface area contributed by atoms with Crippen LogP contribution < -0.4 is 14.4 Å². The Morgan fingerprint density at radius 3 is 2.32 bits per heavy atom. The highest BCUT2D eigenvalue weighted by atomic mass is 16.5. The monoisotopic (exact) mass is 459 g/mol. The van der Waals surface area contributed by atoms with Gasteiger partial charge in [0.2, 0.25) is 0 Å². The van der Waals surface area contributed by atoms with Crippen LogP contribution >= 0.6 is 0 Å². The van der Waals surface area contributed by atoms with Crippen molar-refractivity contribution in [2.75, 3.05) is 19.1 Å². The molecule has 7 nitrogen and oxygen atoms in total. The van der Waals surface area contributed by atoms with E-state index >= 15 is 0 Å². The highest BCUT2D eigenvalue weighted by molar-refractivity contribution is 6.51. The molecule has 1 heterocycles. The third-order valence-electron chi connectivity index (χ3n) is 6.06. The first-order chi connectivity index (χ1) is 16.3. The zero-order valence-electron chi connectivity index (χ0n) is 19.3. The van der Waals surface area contributed by atoms with Gasteiger partial charge in [0.05, 0.1) is 31.4 Å². The second-order valence-corrected chi connectivity index (χ2v) is 8.10. The molecule has 34 heavy (non-hydrogen) atoms. The topological polar surface area (TPSA) is 96.3 Å². The number of anilines is 1. The van der Waals surface area contributed by atoms with Crippen molar-refractivity contribution in [2.45, 2.75) is 19.9 Å². The summed E-state index contributed by atoms with van der Waals surface area (Å²) in [6.45, 7) is 3.87. The molecule has 0 aromatic heterocycles. The fourth-order valence-electron chi connectivity index (χ4n) is 4.13. The number of aryl methyl sites for hydroxylation is 2. The van der Waals surface area contributed by atoms with Crippen molar-refractivity contribution in [3.63, 3.8) is 0 Å². The second-order valence-electron chi connectivity index (χ2n) is 8.10. The average Bonchev–Trinajstić information content (AvgIpc) is 3.10. The van der Waals surface area contributed by atoms with Gasteiger partial charge in [-0.25, -0.2) is 0 Å². The Hall–Kier alpha value is -4.26. The van der Waals surface area contributed by atoms with Crippen LogP contribution in [0.4, 0.5) is 5.69 Å². The van der Waals surface area contributed by atoms with Crippen molar-refractivity contribution in [1.82, 2.24) is 0 Å². The molecule has 0 radical (unpaired) electrons. The van der Waals surface area contributed by atoms with E-state index in [1.54, 1.807) is 30.3 Å². The van der Waals surface area contributed by atoms with Crippen molar-refractivity contribution >= 4 is 23.1 Å². The molecule has 3 aromatic carbocycles. The van der Waals surface area contributed by atoms with E-state index in [4.69, 9.17) is 9.47 Å². The molecule has 0 saturated carbocycles. The maximum atomic E-state index is 13.3. The van der Waals surface area contributed by atoms with Gasteiger partial charge < -0.3 is 19.7 Å². The molecule has 1 atom stereocenters. The number of Topliss-reactive ketones (excluding diaryl/α,β-unsaturated/α-hetero) is 1. The Balaban J connectivity index is 2.00. The fourth-order valence-corrected chi connectivity index (χ4v) is 4.13. The Morgan fingerprint density at radius 2 is 1.68 bits per heavy atom. The summed E-state index contributed by atoms with van der Waals surface area (Å²) in [6.07, 6.45) is 0. The fraction of sp³-hybridized carbons (Fsp3) is 0.185. The zero-order valence-corrected chi connectivity index (χ0v) is 19.3. The summed E-state index contributed by atoms with van der Waals surface area (Å²) in [5, 5.41) is 21.5. The number of amides is 1. The number of carbonyl (C=O) groups is 2. The minimum absolute atomic E-state index is 0.0258. The van der Waals surface area contributed by atoms with Gasteiger partial charge >= 0.3 is 0 Å². The largest absolute Gasteiger partial charge is 0.508 e. The van der Waals surface area contributed by atoms with Crippen molar-refractivity contribution in [3.8, 4) is 17.2 Å². The van der Waals surface area contributed by atoms with Gasteiger partial charge in [-0.15, -0.1) is 0 Å². The number of nitrogens with zero attached hydrogens (tertiary/aromatic N) is 1. The third-order valence-corrected chi connectivity index (χ3v) is 6.06. The van der Waals surface area contributed by atoms with Crippen LogP contribution in [0.5, 0.6) is 17.2 Å². The van der Waals surface area contributed by atoms with Crippen LogP contribution in [0.1, 0.15) is 28.3 Å². The van der Waals surface area contributed by atoms with Crippen molar-refractivity contribution in [1.29, 1.82) is 0 Å². The molecule has 1 amide bonds. The van der Waals surface area contributed by atoms with Crippen LogP contribution in [-0.4, -0.2) is 36.1 Å². The summed E-state index contributed by atoms with van der Waals surface area (Å²) >= 11 is 0. The van der Waals surface area contributed by atoms with Gasteiger partial charge in [-0.3, -0.25) is 14.5 Å². The minimum atomic E-state index is -0.967. The van der Waals surface area contributed by atoms with Gasteiger partial charge in [0, 0.05) is 5.69 Å². The molecule has 1 saturated heterocycles. The molecule has 0 aliphatic carbocycles. The number of rotatable bonds is 5. The van der Waals surface area contributed by atoms with Crippen molar-refractivity contribution < 1.29 is 29.3 Å². The highest BCUT2D eigenvalue weighted by Gasteiger charge is 2.47. The van der Waals surface area contributed by atoms with E-state index in [1.807, 2.05) is 26.0 Å². The molecule has 4 rings (SSSR count). The smallest absolute Gasteiger partial charge is 0.300 e. The van der Waals surface area contributed by atoms with E-state index in [0.29, 0.717) is 22.7 Å². The van der Waals surface area contributed by atoms with E-state index in [9.17, 15) is 19.8 Å². The summed E-state index contributed by atoms with van der Waals surface area (Å²) < 4.78 is 10.7. The maximum Gasteiger partial charge on any atom is 0.300 e. The number of hydrogen-bond donors (Lipinski definition) is 2. The number of benzene rings is 3. The number of hydrogen-bond acceptors (Lipinski definition) is 6. The summed E-state index contributed by atoms with van der Waals surface area (Å²) in [5.41, 5.74) is 3.07. The van der Waals surface area contributed by atoms with E-state index in [1.165, 1.54) is 37.3 Å². The van der Waals surface area contributed by atoms with Crippen LogP contribution in [0.3, 0.4) is 0 Å². The van der Waals surface area contributed by atoms with Crippen LogP contribution in [0.15, 0.2) is 66.2 Å². The molecule has 0 bridgehead atoms. The Morgan fingerprint density at radius 1 is 0.912 bits per heavy atom. The normalized spacial score (nSPS) is 17.2. The summed E-state index contributed by atoms with van der Waals surface area (Å²) in [5.74, 6) is -1.28. The van der Waals surface area contributed by atoms with E-state index in [2.05, 4.69) is 0 Å². The SMILES string of the molecule is COc1ccc(OC)c(/C(O)=C2\C(=O)C(=O)N(c3ccc(C)c(C)c3)C2c2cccc(O)c2)c1. The van der Waals surface area contributed by atoms with Gasteiger partial charge in [0.15, 0.2) is 0 Å². The molecular weight excluding hydrogens is 434 g/mol.